The Kier molecular flexibility index (Phi) is 6.43. The zero-order valence-electron chi connectivity index (χ0n) is 17.2. The minimum absolute atomic E-state index is 0.0483. The highest BCUT2D eigenvalue weighted by atomic mass is 79.9. The number of hydrogen-bond donors (Lipinski definition) is 2. The molecule has 9 heteroatoms. The van der Waals surface area contributed by atoms with Crippen molar-refractivity contribution < 1.29 is 24.2 Å². The van der Waals surface area contributed by atoms with E-state index < -0.39 is 11.8 Å². The van der Waals surface area contributed by atoms with Crippen LogP contribution in [0, 0.1) is 0 Å². The molecule has 1 aliphatic heterocycles. The second-order valence-corrected chi connectivity index (χ2v) is 8.12. The van der Waals surface area contributed by atoms with E-state index in [9.17, 15) is 14.7 Å². The number of hydrogen-bond acceptors (Lipinski definition) is 6. The van der Waals surface area contributed by atoms with Gasteiger partial charge in [-0.15, -0.1) is 0 Å². The lowest BCUT2D eigenvalue weighted by Gasteiger charge is -2.29. The van der Waals surface area contributed by atoms with Crippen molar-refractivity contribution in [2.24, 2.45) is 0 Å². The van der Waals surface area contributed by atoms with Crippen molar-refractivity contribution >= 4 is 56.8 Å². The molecule has 1 saturated heterocycles. The van der Waals surface area contributed by atoms with Crippen molar-refractivity contribution in [3.8, 4) is 23.0 Å². The third-order valence-corrected chi connectivity index (χ3v) is 5.79. The predicted molar refractivity (Wildman–Crippen MR) is 132 cm³/mol. The summed E-state index contributed by atoms with van der Waals surface area (Å²) >= 11 is 8.57. The van der Waals surface area contributed by atoms with Gasteiger partial charge in [0, 0.05) is 10.0 Å². The SMILES string of the molecule is COc1ccc(Br)c(C=C2C(=O)NC(=S)N(c3ccc(Oc4ccccc4)cc3)C2=O)c1O. The van der Waals surface area contributed by atoms with Crippen LogP contribution in [0.15, 0.2) is 76.8 Å². The van der Waals surface area contributed by atoms with Gasteiger partial charge in [-0.25, -0.2) is 0 Å². The normalized spacial score (nSPS) is 14.9. The highest BCUT2D eigenvalue weighted by molar-refractivity contribution is 9.10. The Labute approximate surface area is 203 Å². The molecule has 0 radical (unpaired) electrons. The number of methoxy groups -OCH3 is 1. The van der Waals surface area contributed by atoms with Crippen LogP contribution in [0.3, 0.4) is 0 Å². The molecule has 0 unspecified atom stereocenters. The van der Waals surface area contributed by atoms with Gasteiger partial charge in [0.1, 0.15) is 17.1 Å². The minimum atomic E-state index is -0.667. The van der Waals surface area contributed by atoms with Crippen molar-refractivity contribution in [3.63, 3.8) is 0 Å². The number of thiocarbonyl (C=S) groups is 1. The molecule has 7 nitrogen and oxygen atoms in total. The fourth-order valence-electron chi connectivity index (χ4n) is 3.19. The molecule has 0 aliphatic carbocycles. The van der Waals surface area contributed by atoms with Gasteiger partial charge in [0.05, 0.1) is 12.8 Å². The van der Waals surface area contributed by atoms with Gasteiger partial charge in [-0.3, -0.25) is 19.8 Å². The van der Waals surface area contributed by atoms with E-state index in [1.54, 1.807) is 36.4 Å². The van der Waals surface area contributed by atoms with Crippen LogP contribution in [-0.4, -0.2) is 29.1 Å². The highest BCUT2D eigenvalue weighted by Gasteiger charge is 2.35. The third kappa shape index (κ3) is 4.59. The Bertz CT molecular complexity index is 1280. The maximum Gasteiger partial charge on any atom is 0.270 e. The lowest BCUT2D eigenvalue weighted by atomic mass is 10.1. The van der Waals surface area contributed by atoms with E-state index in [-0.39, 0.29) is 27.7 Å². The lowest BCUT2D eigenvalue weighted by molar-refractivity contribution is -0.122. The zero-order valence-corrected chi connectivity index (χ0v) is 19.6. The van der Waals surface area contributed by atoms with E-state index in [0.29, 0.717) is 21.7 Å². The molecule has 1 aliphatic rings. The van der Waals surface area contributed by atoms with E-state index in [2.05, 4.69) is 21.2 Å². The standard InChI is InChI=1S/C24H17BrN2O5S/c1-31-20-12-11-19(25)17(21(20)28)13-18-22(29)26-24(33)27(23(18)30)14-7-9-16(10-8-14)32-15-5-3-2-4-6-15/h2-13,28H,1H3,(H,26,29,33). The fourth-order valence-corrected chi connectivity index (χ4v) is 3.91. The summed E-state index contributed by atoms with van der Waals surface area (Å²) in [7, 11) is 1.41. The number of halogens is 1. The van der Waals surface area contributed by atoms with E-state index in [1.807, 2.05) is 30.3 Å². The van der Waals surface area contributed by atoms with Gasteiger partial charge in [0.2, 0.25) is 0 Å². The molecule has 166 valence electrons. The Balaban J connectivity index is 1.65. The molecule has 3 aromatic rings. The maximum absolute atomic E-state index is 13.3. The number of ether oxygens (including phenoxy) is 2. The second-order valence-electron chi connectivity index (χ2n) is 6.88. The molecule has 4 rings (SSSR count). The quantitative estimate of drug-likeness (QED) is 0.283. The number of benzene rings is 3. The Morgan fingerprint density at radius 1 is 1.00 bits per heavy atom. The summed E-state index contributed by atoms with van der Waals surface area (Å²) in [6.45, 7) is 0. The number of carbonyl (C=O) groups is 2. The van der Waals surface area contributed by atoms with Crippen LogP contribution in [0.1, 0.15) is 5.56 Å². The number of phenolic OH excluding ortho intramolecular Hbond substituents is 1. The van der Waals surface area contributed by atoms with E-state index in [4.69, 9.17) is 21.7 Å². The summed E-state index contributed by atoms with van der Waals surface area (Å²) in [5, 5.41) is 12.9. The molecule has 3 aromatic carbocycles. The first-order valence-electron chi connectivity index (χ1n) is 9.69. The summed E-state index contributed by atoms with van der Waals surface area (Å²) in [4.78, 5) is 27.0. The Morgan fingerprint density at radius 2 is 1.67 bits per heavy atom. The molecule has 33 heavy (non-hydrogen) atoms. The van der Waals surface area contributed by atoms with Crippen LogP contribution in [0.4, 0.5) is 5.69 Å². The van der Waals surface area contributed by atoms with Crippen LogP contribution in [0.5, 0.6) is 23.0 Å². The number of amides is 2. The van der Waals surface area contributed by atoms with Crippen molar-refractivity contribution in [1.29, 1.82) is 0 Å². The number of phenols is 1. The predicted octanol–water partition coefficient (Wildman–Crippen LogP) is 4.79. The molecule has 2 amide bonds. The van der Waals surface area contributed by atoms with Crippen LogP contribution in [-0.2, 0) is 9.59 Å². The number of nitrogens with one attached hydrogen (secondary N) is 1. The van der Waals surface area contributed by atoms with Crippen molar-refractivity contribution in [2.45, 2.75) is 0 Å². The third-order valence-electron chi connectivity index (χ3n) is 4.81. The van der Waals surface area contributed by atoms with E-state index in [1.165, 1.54) is 18.1 Å². The van der Waals surface area contributed by atoms with Gasteiger partial charge < -0.3 is 14.6 Å². The molecule has 1 heterocycles. The number of rotatable bonds is 5. The van der Waals surface area contributed by atoms with Gasteiger partial charge in [-0.05, 0) is 66.8 Å². The van der Waals surface area contributed by atoms with Crippen molar-refractivity contribution in [1.82, 2.24) is 5.32 Å². The molecule has 2 N–H and O–H groups in total. The minimum Gasteiger partial charge on any atom is -0.504 e. The monoisotopic (exact) mass is 524 g/mol. The topological polar surface area (TPSA) is 88.1 Å². The molecule has 1 fully saturated rings. The Hall–Kier alpha value is -3.69. The van der Waals surface area contributed by atoms with Gasteiger partial charge in [0.15, 0.2) is 16.6 Å². The van der Waals surface area contributed by atoms with E-state index in [0.717, 1.165) is 0 Å². The van der Waals surface area contributed by atoms with Crippen molar-refractivity contribution in [2.75, 3.05) is 12.0 Å². The van der Waals surface area contributed by atoms with Gasteiger partial charge in [0.25, 0.3) is 11.8 Å². The van der Waals surface area contributed by atoms with Crippen LogP contribution < -0.4 is 19.7 Å². The van der Waals surface area contributed by atoms with Crippen LogP contribution >= 0.6 is 28.1 Å². The Morgan fingerprint density at radius 3 is 2.33 bits per heavy atom. The second kappa shape index (κ2) is 9.43. The highest BCUT2D eigenvalue weighted by Crippen LogP contribution is 2.37. The van der Waals surface area contributed by atoms with Crippen molar-refractivity contribution in [3.05, 3.63) is 82.3 Å². The maximum atomic E-state index is 13.3. The van der Waals surface area contributed by atoms with Crippen LogP contribution in [0.2, 0.25) is 0 Å². The first-order valence-corrected chi connectivity index (χ1v) is 10.9. The van der Waals surface area contributed by atoms with E-state index >= 15 is 0 Å². The molecule has 0 saturated carbocycles. The zero-order chi connectivity index (χ0) is 23.5. The van der Waals surface area contributed by atoms with Crippen LogP contribution in [0.25, 0.3) is 6.08 Å². The largest absolute Gasteiger partial charge is 0.504 e. The first kappa shape index (κ1) is 22.5. The van der Waals surface area contributed by atoms with Gasteiger partial charge in [-0.1, -0.05) is 34.1 Å². The average molecular weight is 525 g/mol. The fraction of sp³-hybridized carbons (Fsp3) is 0.0417. The number of nitrogens with zero attached hydrogens (tertiary/aromatic N) is 1. The summed E-state index contributed by atoms with van der Waals surface area (Å²) in [5.41, 5.74) is 0.481. The number of carbonyl (C=O) groups excluding carboxylic acids is 2. The first-order chi connectivity index (χ1) is 15.9. The summed E-state index contributed by atoms with van der Waals surface area (Å²) in [6.07, 6.45) is 1.29. The number of para-hydroxylation sites is 1. The average Bonchev–Trinajstić information content (AvgIpc) is 2.80. The molecule has 0 spiro atoms. The molecular weight excluding hydrogens is 508 g/mol. The molecular formula is C24H17BrN2O5S. The molecule has 0 aromatic heterocycles. The number of aromatic hydroxyl groups is 1. The number of anilines is 1. The molecule has 0 atom stereocenters. The van der Waals surface area contributed by atoms with Gasteiger partial charge in [-0.2, -0.15) is 0 Å². The summed E-state index contributed by atoms with van der Waals surface area (Å²) in [5.74, 6) is -0.0486. The lowest BCUT2D eigenvalue weighted by Crippen LogP contribution is -2.54. The summed E-state index contributed by atoms with van der Waals surface area (Å²) < 4.78 is 11.4. The van der Waals surface area contributed by atoms with Gasteiger partial charge >= 0.3 is 0 Å². The summed E-state index contributed by atoms with van der Waals surface area (Å²) in [6, 6.07) is 19.2. The smallest absolute Gasteiger partial charge is 0.270 e. The molecule has 0 bridgehead atoms.